The number of hydrogen-bond donors (Lipinski definition) is 0. The third kappa shape index (κ3) is 4.16. The first-order chi connectivity index (χ1) is 14.5. The maximum absolute atomic E-state index is 12.7. The summed E-state index contributed by atoms with van der Waals surface area (Å²) in [7, 11) is 0. The van der Waals surface area contributed by atoms with E-state index in [-0.39, 0.29) is 18.6 Å². The first-order valence-electron chi connectivity index (χ1n) is 10.1. The van der Waals surface area contributed by atoms with Gasteiger partial charge in [-0.15, -0.1) is 11.3 Å². The number of hydrogen-bond acceptors (Lipinski definition) is 5. The molecule has 0 saturated carbocycles. The number of ether oxygens (including phenoxy) is 1. The molecule has 0 N–H and O–H groups in total. The molecule has 3 aromatic rings. The Labute approximate surface area is 180 Å². The summed E-state index contributed by atoms with van der Waals surface area (Å²) in [6.45, 7) is 4.68. The summed E-state index contributed by atoms with van der Waals surface area (Å²) in [5.41, 5.74) is 2.90. The SMILES string of the molecule is Cc1nn(Cc2ccccc2)c(C)c1C(=O)OCC(=O)N1CCCC1c1cccs1. The number of carbonyl (C=O) groups excluding carboxylic acids is 2. The molecule has 3 heterocycles. The van der Waals surface area contributed by atoms with Crippen LogP contribution in [-0.4, -0.2) is 39.7 Å². The molecule has 1 saturated heterocycles. The van der Waals surface area contributed by atoms with Crippen LogP contribution < -0.4 is 0 Å². The lowest BCUT2D eigenvalue weighted by Gasteiger charge is -2.23. The zero-order chi connectivity index (χ0) is 21.1. The Morgan fingerprint density at radius 3 is 2.70 bits per heavy atom. The van der Waals surface area contributed by atoms with E-state index in [0.29, 0.717) is 24.3 Å². The highest BCUT2D eigenvalue weighted by Crippen LogP contribution is 2.34. The Balaban J connectivity index is 1.41. The predicted octanol–water partition coefficient (Wildman–Crippen LogP) is 4.13. The minimum absolute atomic E-state index is 0.0910. The topological polar surface area (TPSA) is 64.4 Å². The van der Waals surface area contributed by atoms with Crippen LogP contribution in [0.5, 0.6) is 0 Å². The van der Waals surface area contributed by atoms with Gasteiger partial charge in [0.1, 0.15) is 5.56 Å². The van der Waals surface area contributed by atoms with Crippen molar-refractivity contribution in [2.75, 3.05) is 13.2 Å². The van der Waals surface area contributed by atoms with Gasteiger partial charge in [0.2, 0.25) is 0 Å². The predicted molar refractivity (Wildman–Crippen MR) is 116 cm³/mol. The van der Waals surface area contributed by atoms with Crippen LogP contribution in [0.15, 0.2) is 47.8 Å². The maximum Gasteiger partial charge on any atom is 0.342 e. The van der Waals surface area contributed by atoms with Crippen molar-refractivity contribution in [3.05, 3.63) is 75.2 Å². The molecule has 0 bridgehead atoms. The van der Waals surface area contributed by atoms with Gasteiger partial charge in [-0.05, 0) is 43.7 Å². The number of aromatic nitrogens is 2. The maximum atomic E-state index is 12.7. The van der Waals surface area contributed by atoms with Crippen molar-refractivity contribution in [1.29, 1.82) is 0 Å². The molecular weight excluding hydrogens is 398 g/mol. The normalized spacial score (nSPS) is 16.1. The Morgan fingerprint density at radius 1 is 1.17 bits per heavy atom. The van der Waals surface area contributed by atoms with E-state index in [1.54, 1.807) is 22.9 Å². The molecule has 6 nitrogen and oxygen atoms in total. The second-order valence-electron chi connectivity index (χ2n) is 7.53. The molecule has 30 heavy (non-hydrogen) atoms. The van der Waals surface area contributed by atoms with Gasteiger partial charge in [-0.1, -0.05) is 36.4 Å². The number of carbonyl (C=O) groups is 2. The number of rotatable bonds is 6. The molecule has 4 rings (SSSR count). The Kier molecular flexibility index (Phi) is 5.99. The Morgan fingerprint density at radius 2 is 1.97 bits per heavy atom. The highest BCUT2D eigenvalue weighted by Gasteiger charge is 2.31. The Hall–Kier alpha value is -2.93. The molecule has 1 unspecified atom stereocenters. The number of benzene rings is 1. The summed E-state index contributed by atoms with van der Waals surface area (Å²) in [5, 5.41) is 6.52. The minimum atomic E-state index is -0.496. The molecule has 1 fully saturated rings. The summed E-state index contributed by atoms with van der Waals surface area (Å²) in [6, 6.07) is 14.1. The standard InChI is InChI=1S/C23H25N3O3S/c1-16-22(17(2)26(24-16)14-18-8-4-3-5-9-18)23(28)29-15-21(27)25-12-6-10-19(25)20-11-7-13-30-20/h3-5,7-9,11,13,19H,6,10,12,14-15H2,1-2H3. The van der Waals surface area contributed by atoms with E-state index < -0.39 is 5.97 Å². The van der Waals surface area contributed by atoms with Gasteiger partial charge >= 0.3 is 5.97 Å². The molecule has 1 atom stereocenters. The fourth-order valence-corrected chi connectivity index (χ4v) is 4.90. The van der Waals surface area contributed by atoms with Gasteiger partial charge in [-0.25, -0.2) is 4.79 Å². The smallest absolute Gasteiger partial charge is 0.342 e. The van der Waals surface area contributed by atoms with Crippen LogP contribution >= 0.6 is 11.3 Å². The van der Waals surface area contributed by atoms with Gasteiger partial charge in [0.05, 0.1) is 24.0 Å². The lowest BCUT2D eigenvalue weighted by Crippen LogP contribution is -2.34. The van der Waals surface area contributed by atoms with Crippen LogP contribution in [0.1, 0.15) is 51.1 Å². The summed E-state index contributed by atoms with van der Waals surface area (Å²) in [5.74, 6) is -0.643. The summed E-state index contributed by atoms with van der Waals surface area (Å²) in [4.78, 5) is 28.5. The number of likely N-dealkylation sites (tertiary alicyclic amines) is 1. The lowest BCUT2D eigenvalue weighted by atomic mass is 10.2. The molecule has 1 aromatic carbocycles. The molecule has 7 heteroatoms. The molecular formula is C23H25N3O3S. The van der Waals surface area contributed by atoms with Gasteiger partial charge < -0.3 is 9.64 Å². The number of thiophene rings is 1. The van der Waals surface area contributed by atoms with Crippen LogP contribution in [0, 0.1) is 13.8 Å². The van der Waals surface area contributed by atoms with Crippen molar-refractivity contribution < 1.29 is 14.3 Å². The van der Waals surface area contributed by atoms with Crippen molar-refractivity contribution in [2.24, 2.45) is 0 Å². The summed E-state index contributed by atoms with van der Waals surface area (Å²) in [6.07, 6.45) is 1.91. The molecule has 156 valence electrons. The van der Waals surface area contributed by atoms with Gasteiger partial charge in [0.15, 0.2) is 6.61 Å². The highest BCUT2D eigenvalue weighted by atomic mass is 32.1. The van der Waals surface area contributed by atoms with E-state index >= 15 is 0 Å². The number of amides is 1. The first-order valence-corrected chi connectivity index (χ1v) is 11.0. The van der Waals surface area contributed by atoms with E-state index in [1.165, 1.54) is 4.88 Å². The average molecular weight is 424 g/mol. The van der Waals surface area contributed by atoms with Crippen LogP contribution in [-0.2, 0) is 16.1 Å². The molecule has 1 amide bonds. The van der Waals surface area contributed by atoms with Gasteiger partial charge in [0.25, 0.3) is 5.91 Å². The van der Waals surface area contributed by atoms with E-state index in [2.05, 4.69) is 11.2 Å². The van der Waals surface area contributed by atoms with Crippen LogP contribution in [0.4, 0.5) is 0 Å². The van der Waals surface area contributed by atoms with Crippen molar-refractivity contribution in [3.63, 3.8) is 0 Å². The quantitative estimate of drug-likeness (QED) is 0.559. The van der Waals surface area contributed by atoms with E-state index in [4.69, 9.17) is 4.74 Å². The lowest BCUT2D eigenvalue weighted by molar-refractivity contribution is -0.135. The largest absolute Gasteiger partial charge is 0.452 e. The monoisotopic (exact) mass is 423 g/mol. The second-order valence-corrected chi connectivity index (χ2v) is 8.51. The summed E-state index contributed by atoms with van der Waals surface area (Å²) < 4.78 is 7.22. The molecule has 1 aliphatic heterocycles. The molecule has 0 aliphatic carbocycles. The van der Waals surface area contributed by atoms with Crippen LogP contribution in [0.2, 0.25) is 0 Å². The van der Waals surface area contributed by atoms with Crippen LogP contribution in [0.25, 0.3) is 0 Å². The van der Waals surface area contributed by atoms with Crippen molar-refractivity contribution >= 4 is 23.2 Å². The van der Waals surface area contributed by atoms with Gasteiger partial charge in [-0.3, -0.25) is 9.48 Å². The zero-order valence-electron chi connectivity index (χ0n) is 17.2. The zero-order valence-corrected chi connectivity index (χ0v) is 18.0. The molecule has 0 spiro atoms. The summed E-state index contributed by atoms with van der Waals surface area (Å²) >= 11 is 1.66. The fraction of sp³-hybridized carbons (Fsp3) is 0.348. The molecule has 1 aliphatic rings. The molecule has 2 aromatic heterocycles. The molecule has 0 radical (unpaired) electrons. The number of aryl methyl sites for hydroxylation is 1. The Bertz CT molecular complexity index is 1030. The van der Waals surface area contributed by atoms with E-state index in [9.17, 15) is 9.59 Å². The van der Waals surface area contributed by atoms with Gasteiger partial charge in [-0.2, -0.15) is 5.10 Å². The second kappa shape index (κ2) is 8.83. The minimum Gasteiger partial charge on any atom is -0.452 e. The van der Waals surface area contributed by atoms with Crippen molar-refractivity contribution in [2.45, 2.75) is 39.3 Å². The third-order valence-corrected chi connectivity index (χ3v) is 6.51. The van der Waals surface area contributed by atoms with E-state index in [1.807, 2.05) is 53.6 Å². The van der Waals surface area contributed by atoms with Crippen molar-refractivity contribution in [3.8, 4) is 0 Å². The van der Waals surface area contributed by atoms with Gasteiger partial charge in [0, 0.05) is 11.4 Å². The first kappa shape index (κ1) is 20.3. The number of nitrogens with zero attached hydrogens (tertiary/aromatic N) is 3. The third-order valence-electron chi connectivity index (χ3n) is 5.53. The number of esters is 1. The van der Waals surface area contributed by atoms with Crippen molar-refractivity contribution in [1.82, 2.24) is 14.7 Å². The van der Waals surface area contributed by atoms with Crippen LogP contribution in [0.3, 0.4) is 0 Å². The fourth-order valence-electron chi connectivity index (χ4n) is 4.03. The van der Waals surface area contributed by atoms with E-state index in [0.717, 1.165) is 24.1 Å². The average Bonchev–Trinajstić information content (AvgIpc) is 3.48. The highest BCUT2D eigenvalue weighted by molar-refractivity contribution is 7.10.